The number of nitriles is 1. The van der Waals surface area contributed by atoms with Crippen LogP contribution in [0.25, 0.3) is 17.2 Å². The van der Waals surface area contributed by atoms with Crippen LogP contribution < -0.4 is 0 Å². The molecule has 0 saturated heterocycles. The van der Waals surface area contributed by atoms with Crippen molar-refractivity contribution in [2.45, 2.75) is 13.1 Å². The zero-order valence-corrected chi connectivity index (χ0v) is 11.4. The summed E-state index contributed by atoms with van der Waals surface area (Å²) in [6, 6.07) is 5.02. The zero-order chi connectivity index (χ0) is 16.2. The molecule has 0 N–H and O–H groups in total. The van der Waals surface area contributed by atoms with Gasteiger partial charge in [-0.05, 0) is 31.2 Å². The summed E-state index contributed by atoms with van der Waals surface area (Å²) in [6.07, 6.45) is 1.35. The predicted molar refractivity (Wildman–Crippen MR) is 75.9 cm³/mol. The fraction of sp³-hybridized carbons (Fsp3) is 0.133. The highest BCUT2D eigenvalue weighted by atomic mass is 19.4. The summed E-state index contributed by atoms with van der Waals surface area (Å²) >= 11 is 0. The Bertz CT molecular complexity index is 808. The molecule has 0 aliphatic carbocycles. The molecule has 1 aromatic carbocycles. The van der Waals surface area contributed by atoms with E-state index in [1.807, 2.05) is 6.07 Å². The second-order valence-electron chi connectivity index (χ2n) is 4.31. The first-order valence-corrected chi connectivity index (χ1v) is 6.14. The number of nitrogens with zero attached hydrogens (tertiary/aromatic N) is 3. The lowest BCUT2D eigenvalue weighted by atomic mass is 10.2. The van der Waals surface area contributed by atoms with Crippen molar-refractivity contribution in [3.05, 3.63) is 47.5 Å². The van der Waals surface area contributed by atoms with Gasteiger partial charge in [0.1, 0.15) is 5.52 Å². The number of oxazole rings is 1. The number of aromatic nitrogens is 1. The van der Waals surface area contributed by atoms with Gasteiger partial charge in [-0.25, -0.2) is 4.98 Å². The first kappa shape index (κ1) is 15.5. The van der Waals surface area contributed by atoms with Crippen molar-refractivity contribution >= 4 is 23.4 Å². The van der Waals surface area contributed by atoms with Crippen LogP contribution in [-0.4, -0.2) is 11.2 Å². The minimum absolute atomic E-state index is 0.131. The topological polar surface area (TPSA) is 62.2 Å². The molecule has 1 aromatic heterocycles. The van der Waals surface area contributed by atoms with Gasteiger partial charge in [-0.3, -0.25) is 4.99 Å². The molecule has 0 unspecified atom stereocenters. The first-order valence-electron chi connectivity index (χ1n) is 6.14. The van der Waals surface area contributed by atoms with Crippen molar-refractivity contribution in [1.82, 2.24) is 4.98 Å². The molecule has 7 heteroatoms. The molecular formula is C15H10F3N3O. The van der Waals surface area contributed by atoms with E-state index in [0.717, 1.165) is 12.1 Å². The Morgan fingerprint density at radius 2 is 2.18 bits per heavy atom. The van der Waals surface area contributed by atoms with Crippen molar-refractivity contribution in [3.63, 3.8) is 0 Å². The van der Waals surface area contributed by atoms with E-state index in [4.69, 9.17) is 9.68 Å². The number of benzene rings is 1. The van der Waals surface area contributed by atoms with Crippen LogP contribution in [-0.2, 0) is 6.18 Å². The third-order valence-electron chi connectivity index (χ3n) is 2.59. The van der Waals surface area contributed by atoms with Crippen molar-refractivity contribution in [3.8, 4) is 6.07 Å². The number of fused-ring (bicyclic) bond motifs is 1. The summed E-state index contributed by atoms with van der Waals surface area (Å²) in [7, 11) is 0. The van der Waals surface area contributed by atoms with E-state index in [1.54, 1.807) is 6.92 Å². The molecule has 0 radical (unpaired) electrons. The Morgan fingerprint density at radius 3 is 2.86 bits per heavy atom. The Balaban J connectivity index is 2.18. The zero-order valence-electron chi connectivity index (χ0n) is 11.4. The quantitative estimate of drug-likeness (QED) is 0.625. The predicted octanol–water partition coefficient (Wildman–Crippen LogP) is 4.36. The number of halogens is 3. The maximum absolute atomic E-state index is 12.6. The van der Waals surface area contributed by atoms with Crippen LogP contribution in [0, 0.1) is 11.3 Å². The Hall–Kier alpha value is -2.88. The molecule has 0 bridgehead atoms. The van der Waals surface area contributed by atoms with E-state index in [0.29, 0.717) is 5.57 Å². The second kappa shape index (κ2) is 6.26. The Morgan fingerprint density at radius 1 is 1.41 bits per heavy atom. The number of aliphatic imine (C=N–C) groups is 1. The number of allylic oxidation sites excluding steroid dienone is 2. The maximum Gasteiger partial charge on any atom is 0.416 e. The van der Waals surface area contributed by atoms with Crippen molar-refractivity contribution in [1.29, 1.82) is 5.26 Å². The van der Waals surface area contributed by atoms with E-state index in [2.05, 4.69) is 9.98 Å². The van der Waals surface area contributed by atoms with Gasteiger partial charge in [0.2, 0.25) is 5.89 Å². The molecule has 2 aromatic rings. The number of hydrogen-bond donors (Lipinski definition) is 0. The molecule has 112 valence electrons. The fourth-order valence-electron chi connectivity index (χ4n) is 1.55. The van der Waals surface area contributed by atoms with Gasteiger partial charge in [0, 0.05) is 24.1 Å². The molecule has 0 amide bonds. The van der Waals surface area contributed by atoms with Crippen LogP contribution >= 0.6 is 0 Å². The Labute approximate surface area is 123 Å². The van der Waals surface area contributed by atoms with E-state index >= 15 is 0 Å². The van der Waals surface area contributed by atoms with Crippen LogP contribution in [0.5, 0.6) is 0 Å². The van der Waals surface area contributed by atoms with Crippen LogP contribution in [0.15, 0.2) is 45.5 Å². The summed E-state index contributed by atoms with van der Waals surface area (Å²) in [5, 5.41) is 8.51. The lowest BCUT2D eigenvalue weighted by Gasteiger charge is -2.04. The Kier molecular flexibility index (Phi) is 4.41. The molecule has 2 rings (SSSR count). The third kappa shape index (κ3) is 3.82. The molecule has 0 spiro atoms. The van der Waals surface area contributed by atoms with E-state index in [1.165, 1.54) is 30.6 Å². The van der Waals surface area contributed by atoms with E-state index in [9.17, 15) is 13.2 Å². The minimum atomic E-state index is -4.42. The molecule has 0 saturated carbocycles. The molecule has 1 heterocycles. The molecule has 0 aliphatic rings. The molecule has 0 atom stereocenters. The van der Waals surface area contributed by atoms with Gasteiger partial charge in [0.05, 0.1) is 11.6 Å². The van der Waals surface area contributed by atoms with Crippen molar-refractivity contribution in [2.24, 2.45) is 4.99 Å². The SMILES string of the molecule is C\C(C#N)=C/N=C\C=C\c1nc2cc(C(F)(F)F)ccc2o1. The number of hydrogen-bond acceptors (Lipinski definition) is 4. The molecule has 0 fully saturated rings. The standard InChI is InChI=1S/C15H10F3N3O/c1-10(8-19)9-20-6-2-3-14-21-12-7-11(15(16,17)18)4-5-13(12)22-14/h2-7,9H,1H3/b3-2+,10-9+,20-6-. The summed E-state index contributed by atoms with van der Waals surface area (Å²) in [4.78, 5) is 7.80. The van der Waals surface area contributed by atoms with Gasteiger partial charge in [-0.15, -0.1) is 0 Å². The highest BCUT2D eigenvalue weighted by molar-refractivity contribution is 5.79. The highest BCUT2D eigenvalue weighted by Crippen LogP contribution is 2.31. The third-order valence-corrected chi connectivity index (χ3v) is 2.59. The van der Waals surface area contributed by atoms with Crippen LogP contribution in [0.1, 0.15) is 18.4 Å². The van der Waals surface area contributed by atoms with Crippen molar-refractivity contribution < 1.29 is 17.6 Å². The average Bonchev–Trinajstić information content (AvgIpc) is 2.87. The lowest BCUT2D eigenvalue weighted by molar-refractivity contribution is -0.137. The van der Waals surface area contributed by atoms with Gasteiger partial charge in [-0.2, -0.15) is 18.4 Å². The van der Waals surface area contributed by atoms with Gasteiger partial charge in [-0.1, -0.05) is 0 Å². The smallest absolute Gasteiger partial charge is 0.416 e. The molecule has 0 aliphatic heterocycles. The van der Waals surface area contributed by atoms with E-state index < -0.39 is 11.7 Å². The fourth-order valence-corrected chi connectivity index (χ4v) is 1.55. The maximum atomic E-state index is 12.6. The first-order chi connectivity index (χ1) is 10.4. The summed E-state index contributed by atoms with van der Waals surface area (Å²) in [5.41, 5.74) is 0.0742. The molecular weight excluding hydrogens is 295 g/mol. The van der Waals surface area contributed by atoms with Gasteiger partial charge < -0.3 is 4.42 Å². The van der Waals surface area contributed by atoms with E-state index in [-0.39, 0.29) is 17.0 Å². The minimum Gasteiger partial charge on any atom is -0.437 e. The lowest BCUT2D eigenvalue weighted by Crippen LogP contribution is -2.03. The van der Waals surface area contributed by atoms with Gasteiger partial charge in [0.15, 0.2) is 5.58 Å². The second-order valence-corrected chi connectivity index (χ2v) is 4.31. The highest BCUT2D eigenvalue weighted by Gasteiger charge is 2.30. The van der Waals surface area contributed by atoms with Gasteiger partial charge in [0.25, 0.3) is 0 Å². The van der Waals surface area contributed by atoms with Crippen molar-refractivity contribution in [2.75, 3.05) is 0 Å². The molecule has 4 nitrogen and oxygen atoms in total. The van der Waals surface area contributed by atoms with Gasteiger partial charge >= 0.3 is 6.18 Å². The summed E-state index contributed by atoms with van der Waals surface area (Å²) in [6.45, 7) is 1.61. The van der Waals surface area contributed by atoms with Crippen LogP contribution in [0.4, 0.5) is 13.2 Å². The van der Waals surface area contributed by atoms with Crippen LogP contribution in [0.2, 0.25) is 0 Å². The largest absolute Gasteiger partial charge is 0.437 e. The normalized spacial score (nSPS) is 13.3. The average molecular weight is 305 g/mol. The number of alkyl halides is 3. The van der Waals surface area contributed by atoms with Crippen LogP contribution in [0.3, 0.4) is 0 Å². The summed E-state index contributed by atoms with van der Waals surface area (Å²) < 4.78 is 43.0. The number of rotatable bonds is 3. The summed E-state index contributed by atoms with van der Waals surface area (Å²) in [5.74, 6) is 0.168. The molecule has 22 heavy (non-hydrogen) atoms. The monoisotopic (exact) mass is 305 g/mol.